The number of rotatable bonds is 3. The summed E-state index contributed by atoms with van der Waals surface area (Å²) in [6, 6.07) is 4.83. The Bertz CT molecular complexity index is 607. The molecule has 0 aliphatic carbocycles. The van der Waals surface area contributed by atoms with Gasteiger partial charge in [0.2, 0.25) is 0 Å². The average molecular weight is 312 g/mol. The summed E-state index contributed by atoms with van der Waals surface area (Å²) >= 11 is 0.0922. The van der Waals surface area contributed by atoms with Crippen LogP contribution < -0.4 is 0 Å². The zero-order valence-electron chi connectivity index (χ0n) is 13.4. The molecular formula is C16H22F2N2S. The van der Waals surface area contributed by atoms with E-state index in [9.17, 15) is 8.28 Å². The molecule has 0 spiro atoms. The van der Waals surface area contributed by atoms with Gasteiger partial charge >= 0.3 is 0 Å². The van der Waals surface area contributed by atoms with E-state index in [1.807, 2.05) is 34.6 Å². The summed E-state index contributed by atoms with van der Waals surface area (Å²) in [4.78, 5) is 0. The summed E-state index contributed by atoms with van der Waals surface area (Å²) in [5.41, 5.74) is 3.86. The molecule has 2 rings (SSSR count). The van der Waals surface area contributed by atoms with Crippen LogP contribution in [0.3, 0.4) is 0 Å². The topological polar surface area (TPSA) is 17.8 Å². The molecule has 116 valence electrons. The maximum Gasteiger partial charge on any atom is 0.187 e. The van der Waals surface area contributed by atoms with Gasteiger partial charge in [0.15, 0.2) is 12.3 Å². The van der Waals surface area contributed by atoms with Gasteiger partial charge in [0.05, 0.1) is 11.4 Å². The van der Waals surface area contributed by atoms with E-state index in [4.69, 9.17) is 0 Å². The number of benzene rings is 1. The number of halogens is 2. The van der Waals surface area contributed by atoms with Crippen molar-refractivity contribution in [3.8, 4) is 11.3 Å². The van der Waals surface area contributed by atoms with Gasteiger partial charge in [-0.25, -0.2) is 4.39 Å². The minimum atomic E-state index is -0.246. The largest absolute Gasteiger partial charge is 0.207 e. The van der Waals surface area contributed by atoms with E-state index < -0.39 is 0 Å². The lowest BCUT2D eigenvalue weighted by molar-refractivity contribution is 0.618. The Balaban J connectivity index is 0.00000106. The predicted octanol–water partition coefficient (Wildman–Crippen LogP) is 5.84. The van der Waals surface area contributed by atoms with Crippen molar-refractivity contribution in [1.82, 2.24) is 9.19 Å². The van der Waals surface area contributed by atoms with Crippen LogP contribution in [0.5, 0.6) is 0 Å². The molecule has 0 fully saturated rings. The highest BCUT2D eigenvalue weighted by molar-refractivity contribution is 7.92. The van der Waals surface area contributed by atoms with Crippen LogP contribution in [0.4, 0.5) is 8.28 Å². The van der Waals surface area contributed by atoms with Gasteiger partial charge in [-0.2, -0.15) is 9.19 Å². The molecule has 1 heterocycles. The van der Waals surface area contributed by atoms with Crippen molar-refractivity contribution in [1.29, 1.82) is 0 Å². The molecule has 21 heavy (non-hydrogen) atoms. The maximum atomic E-state index is 13.3. The van der Waals surface area contributed by atoms with Crippen LogP contribution >= 0.6 is 12.3 Å². The molecular weight excluding hydrogens is 290 g/mol. The molecule has 0 unspecified atom stereocenters. The predicted molar refractivity (Wildman–Crippen MR) is 86.6 cm³/mol. The smallest absolute Gasteiger partial charge is 0.187 e. The maximum absolute atomic E-state index is 13.3. The quantitative estimate of drug-likeness (QED) is 0.709. The molecule has 0 saturated heterocycles. The Hall–Kier alpha value is -1.36. The summed E-state index contributed by atoms with van der Waals surface area (Å²) in [6.45, 7) is 11.6. The van der Waals surface area contributed by atoms with E-state index in [1.54, 1.807) is 19.1 Å². The van der Waals surface area contributed by atoms with Crippen molar-refractivity contribution in [3.63, 3.8) is 0 Å². The van der Waals surface area contributed by atoms with Gasteiger partial charge in [0.1, 0.15) is 5.82 Å². The standard InChI is InChI=1S/C14H16F2N2S.C2H6/c1-8(2)14-10(4)13(17-18(14)19-16)11-5-6-12(15)9(3)7-11;1-2/h5-8H,1-4H3;1-2H3. The SMILES string of the molecule is CC.Cc1cc(-c2nn(SF)c(C(C)C)c2C)ccc1F. The molecule has 2 aromatic rings. The Morgan fingerprint density at radius 2 is 1.81 bits per heavy atom. The van der Waals surface area contributed by atoms with Gasteiger partial charge in [-0.1, -0.05) is 27.7 Å². The zero-order valence-corrected chi connectivity index (χ0v) is 14.2. The Kier molecular flexibility index (Phi) is 6.40. The van der Waals surface area contributed by atoms with Crippen LogP contribution in [-0.2, 0) is 0 Å². The molecule has 1 aromatic heterocycles. The first-order valence-electron chi connectivity index (χ1n) is 7.10. The fraction of sp³-hybridized carbons (Fsp3) is 0.438. The number of nitrogens with zero attached hydrogens (tertiary/aromatic N) is 2. The second-order valence-electron chi connectivity index (χ2n) is 4.92. The molecule has 2 nitrogen and oxygen atoms in total. The Morgan fingerprint density at radius 1 is 1.19 bits per heavy atom. The van der Waals surface area contributed by atoms with Gasteiger partial charge in [0.25, 0.3) is 0 Å². The van der Waals surface area contributed by atoms with Gasteiger partial charge in [0, 0.05) is 5.56 Å². The molecule has 0 atom stereocenters. The van der Waals surface area contributed by atoms with E-state index in [-0.39, 0.29) is 24.1 Å². The van der Waals surface area contributed by atoms with Crippen LogP contribution in [0.1, 0.15) is 50.4 Å². The van der Waals surface area contributed by atoms with Crippen LogP contribution in [0.25, 0.3) is 11.3 Å². The van der Waals surface area contributed by atoms with Crippen molar-refractivity contribution in [2.24, 2.45) is 0 Å². The van der Waals surface area contributed by atoms with Crippen LogP contribution in [0, 0.1) is 19.7 Å². The summed E-state index contributed by atoms with van der Waals surface area (Å²) in [6.07, 6.45) is 0. The third-order valence-electron chi connectivity index (χ3n) is 3.18. The second kappa shape index (κ2) is 7.59. The second-order valence-corrected chi connectivity index (χ2v) is 5.40. The van der Waals surface area contributed by atoms with E-state index >= 15 is 0 Å². The summed E-state index contributed by atoms with van der Waals surface area (Å²) in [5, 5.41) is 4.27. The minimum Gasteiger partial charge on any atom is -0.207 e. The molecule has 1 aromatic carbocycles. The molecule has 0 aliphatic rings. The molecule has 0 radical (unpaired) electrons. The fourth-order valence-corrected chi connectivity index (χ4v) is 2.79. The first kappa shape index (κ1) is 17.7. The molecule has 5 heteroatoms. The van der Waals surface area contributed by atoms with Gasteiger partial charge in [-0.05, 0) is 49.1 Å². The van der Waals surface area contributed by atoms with Crippen molar-refractivity contribution in [2.45, 2.75) is 47.5 Å². The lowest BCUT2D eigenvalue weighted by atomic mass is 10.0. The fourth-order valence-electron chi connectivity index (χ4n) is 2.26. The van der Waals surface area contributed by atoms with Crippen LogP contribution in [-0.4, -0.2) is 9.19 Å². The van der Waals surface area contributed by atoms with Crippen molar-refractivity contribution in [2.75, 3.05) is 0 Å². The van der Waals surface area contributed by atoms with Crippen LogP contribution in [0.2, 0.25) is 0 Å². The third-order valence-corrected chi connectivity index (χ3v) is 3.59. The highest BCUT2D eigenvalue weighted by Crippen LogP contribution is 2.32. The summed E-state index contributed by atoms with van der Waals surface area (Å²) in [5.74, 6) is -0.0733. The first-order chi connectivity index (χ1) is 9.95. The van der Waals surface area contributed by atoms with E-state index in [0.717, 1.165) is 16.8 Å². The first-order valence-corrected chi connectivity index (χ1v) is 7.78. The minimum absolute atomic E-state index is 0.0922. The summed E-state index contributed by atoms with van der Waals surface area (Å²) < 4.78 is 27.6. The van der Waals surface area contributed by atoms with Gasteiger partial charge in [-0.3, -0.25) is 0 Å². The van der Waals surface area contributed by atoms with Gasteiger partial charge < -0.3 is 0 Å². The van der Waals surface area contributed by atoms with E-state index in [2.05, 4.69) is 5.10 Å². The van der Waals surface area contributed by atoms with Gasteiger partial charge in [-0.15, -0.1) is 3.89 Å². The van der Waals surface area contributed by atoms with Crippen molar-refractivity contribution < 1.29 is 8.28 Å². The molecule has 0 amide bonds. The number of aromatic nitrogens is 2. The zero-order chi connectivity index (χ0) is 16.2. The van der Waals surface area contributed by atoms with Crippen molar-refractivity contribution in [3.05, 3.63) is 40.8 Å². The molecule has 0 aliphatic heterocycles. The average Bonchev–Trinajstić information content (AvgIpc) is 2.81. The number of hydrogen-bond acceptors (Lipinski definition) is 2. The highest BCUT2D eigenvalue weighted by atomic mass is 32.2. The highest BCUT2D eigenvalue weighted by Gasteiger charge is 2.19. The monoisotopic (exact) mass is 312 g/mol. The van der Waals surface area contributed by atoms with E-state index in [1.165, 1.54) is 10.2 Å². The number of aryl methyl sites for hydroxylation is 1. The molecule has 0 N–H and O–H groups in total. The number of hydrogen-bond donors (Lipinski definition) is 0. The lowest BCUT2D eigenvalue weighted by Crippen LogP contribution is -1.98. The Morgan fingerprint density at radius 3 is 2.24 bits per heavy atom. The lowest BCUT2D eigenvalue weighted by Gasteiger charge is -2.06. The van der Waals surface area contributed by atoms with Crippen molar-refractivity contribution >= 4 is 12.3 Å². The summed E-state index contributed by atoms with van der Waals surface area (Å²) in [7, 11) is 0. The normalized spacial score (nSPS) is 10.5. The van der Waals surface area contributed by atoms with Crippen LogP contribution in [0.15, 0.2) is 18.2 Å². The third kappa shape index (κ3) is 3.64. The Labute approximate surface area is 130 Å². The molecule has 0 bridgehead atoms. The van der Waals surface area contributed by atoms with E-state index in [0.29, 0.717) is 11.3 Å². The molecule has 0 saturated carbocycles.